The molecule has 34 heavy (non-hydrogen) atoms. The highest BCUT2D eigenvalue weighted by atomic mass is 19.4. The number of aryl methyl sites for hydroxylation is 1. The van der Waals surface area contributed by atoms with Crippen LogP contribution in [-0.4, -0.2) is 48.5 Å². The van der Waals surface area contributed by atoms with Gasteiger partial charge in [0.15, 0.2) is 0 Å². The normalized spacial score (nSPS) is 23.3. The second-order valence-corrected chi connectivity index (χ2v) is 9.44. The zero-order chi connectivity index (χ0) is 24.5. The number of rotatable bonds is 5. The molecule has 4 rings (SSSR count). The van der Waals surface area contributed by atoms with E-state index in [2.05, 4.69) is 47.9 Å². The lowest BCUT2D eigenvalue weighted by atomic mass is 9.82. The number of ether oxygens (including phenoxy) is 2. The standard InChI is InChI=1S/C26H31F3N2O3/c1-16-4-5-20(15-31-13-17(2)33-18(3)14-31)24-12-21(8-11-23(16)24)30-25(32)19-6-9-22(10-7-19)34-26(27,28)29/h4-7,9-10,17-18,21H,8,11-15H2,1-3H3,(H,30,32). The molecule has 0 bridgehead atoms. The third kappa shape index (κ3) is 6.10. The van der Waals surface area contributed by atoms with Gasteiger partial charge in [-0.25, -0.2) is 0 Å². The molecule has 1 amide bonds. The van der Waals surface area contributed by atoms with Crippen LogP contribution in [-0.2, 0) is 24.1 Å². The molecule has 1 saturated heterocycles. The molecule has 8 heteroatoms. The van der Waals surface area contributed by atoms with Crippen molar-refractivity contribution in [3.05, 3.63) is 64.2 Å². The third-order valence-electron chi connectivity index (χ3n) is 6.53. The summed E-state index contributed by atoms with van der Waals surface area (Å²) in [5.74, 6) is -0.639. The molecular weight excluding hydrogens is 445 g/mol. The van der Waals surface area contributed by atoms with Crippen LogP contribution in [0.1, 0.15) is 52.9 Å². The van der Waals surface area contributed by atoms with Crippen molar-refractivity contribution in [1.82, 2.24) is 10.2 Å². The number of fused-ring (bicyclic) bond motifs is 1. The number of halogens is 3. The Bertz CT molecular complexity index is 1010. The molecule has 1 aliphatic heterocycles. The first kappa shape index (κ1) is 24.5. The first-order valence-corrected chi connectivity index (χ1v) is 11.7. The highest BCUT2D eigenvalue weighted by Crippen LogP contribution is 2.30. The Morgan fingerprint density at radius 1 is 1.09 bits per heavy atom. The number of amides is 1. The molecule has 1 fully saturated rings. The van der Waals surface area contributed by atoms with E-state index in [1.165, 1.54) is 34.4 Å². The average molecular weight is 477 g/mol. The summed E-state index contributed by atoms with van der Waals surface area (Å²) in [7, 11) is 0. The van der Waals surface area contributed by atoms with E-state index in [4.69, 9.17) is 4.74 Å². The average Bonchev–Trinajstić information content (AvgIpc) is 2.74. The van der Waals surface area contributed by atoms with Gasteiger partial charge >= 0.3 is 6.36 Å². The van der Waals surface area contributed by atoms with E-state index in [1.54, 1.807) is 0 Å². The van der Waals surface area contributed by atoms with Gasteiger partial charge in [-0.2, -0.15) is 0 Å². The molecule has 1 heterocycles. The second kappa shape index (κ2) is 9.96. The summed E-state index contributed by atoms with van der Waals surface area (Å²) in [6, 6.07) is 9.36. The molecule has 184 valence electrons. The fourth-order valence-electron chi connectivity index (χ4n) is 5.13. The number of benzene rings is 2. The van der Waals surface area contributed by atoms with Crippen molar-refractivity contribution in [3.8, 4) is 5.75 Å². The lowest BCUT2D eigenvalue weighted by molar-refractivity contribution is -0.274. The quantitative estimate of drug-likeness (QED) is 0.674. The molecule has 0 saturated carbocycles. The third-order valence-corrected chi connectivity index (χ3v) is 6.53. The second-order valence-electron chi connectivity index (χ2n) is 9.44. The largest absolute Gasteiger partial charge is 0.573 e. The Morgan fingerprint density at radius 3 is 2.41 bits per heavy atom. The van der Waals surface area contributed by atoms with Crippen LogP contribution >= 0.6 is 0 Å². The molecule has 1 N–H and O–H groups in total. The number of carbonyl (C=O) groups is 1. The van der Waals surface area contributed by atoms with Gasteiger partial charge < -0.3 is 14.8 Å². The van der Waals surface area contributed by atoms with E-state index >= 15 is 0 Å². The molecule has 1 aliphatic carbocycles. The maximum Gasteiger partial charge on any atom is 0.573 e. The number of hydrogen-bond donors (Lipinski definition) is 1. The van der Waals surface area contributed by atoms with Gasteiger partial charge in [0.05, 0.1) is 12.2 Å². The first-order valence-electron chi connectivity index (χ1n) is 11.7. The molecule has 3 unspecified atom stereocenters. The zero-order valence-corrected chi connectivity index (χ0v) is 19.7. The molecule has 2 aromatic rings. The Labute approximate surface area is 198 Å². The van der Waals surface area contributed by atoms with E-state index in [-0.39, 0.29) is 29.9 Å². The highest BCUT2D eigenvalue weighted by molar-refractivity contribution is 5.94. The van der Waals surface area contributed by atoms with Crippen LogP contribution in [0.3, 0.4) is 0 Å². The van der Waals surface area contributed by atoms with Gasteiger partial charge in [0.25, 0.3) is 5.91 Å². The van der Waals surface area contributed by atoms with Gasteiger partial charge in [-0.05, 0) is 86.6 Å². The lowest BCUT2D eigenvalue weighted by Gasteiger charge is -2.36. The lowest BCUT2D eigenvalue weighted by Crippen LogP contribution is -2.45. The van der Waals surface area contributed by atoms with Crippen molar-refractivity contribution < 1.29 is 27.4 Å². The van der Waals surface area contributed by atoms with E-state index in [0.717, 1.165) is 51.0 Å². The van der Waals surface area contributed by atoms with Crippen molar-refractivity contribution >= 4 is 5.91 Å². The van der Waals surface area contributed by atoms with Gasteiger partial charge in [-0.15, -0.1) is 13.2 Å². The minimum Gasteiger partial charge on any atom is -0.406 e. The Kier molecular flexibility index (Phi) is 7.19. The molecule has 2 aliphatic rings. The molecule has 2 aromatic carbocycles. The molecular formula is C26H31F3N2O3. The molecule has 0 spiro atoms. The monoisotopic (exact) mass is 476 g/mol. The van der Waals surface area contributed by atoms with Crippen molar-refractivity contribution in [2.24, 2.45) is 0 Å². The van der Waals surface area contributed by atoms with Gasteiger partial charge in [0, 0.05) is 31.2 Å². The summed E-state index contributed by atoms with van der Waals surface area (Å²) < 4.78 is 46.9. The van der Waals surface area contributed by atoms with Crippen molar-refractivity contribution in [1.29, 1.82) is 0 Å². The minimum absolute atomic E-state index is 0.0332. The SMILES string of the molecule is Cc1ccc(CN2CC(C)OC(C)C2)c2c1CCC(NC(=O)c1ccc(OC(F)(F)F)cc1)C2. The van der Waals surface area contributed by atoms with Crippen LogP contribution < -0.4 is 10.1 Å². The summed E-state index contributed by atoms with van der Waals surface area (Å²) >= 11 is 0. The zero-order valence-electron chi connectivity index (χ0n) is 19.7. The summed E-state index contributed by atoms with van der Waals surface area (Å²) in [6.45, 7) is 8.95. The number of carbonyl (C=O) groups excluding carboxylic acids is 1. The van der Waals surface area contributed by atoms with E-state index < -0.39 is 6.36 Å². The van der Waals surface area contributed by atoms with Crippen molar-refractivity contribution in [3.63, 3.8) is 0 Å². The number of hydrogen-bond acceptors (Lipinski definition) is 4. The fraction of sp³-hybridized carbons (Fsp3) is 0.500. The van der Waals surface area contributed by atoms with Crippen LogP contribution in [0.5, 0.6) is 5.75 Å². The molecule has 0 aromatic heterocycles. The Balaban J connectivity index is 1.44. The summed E-state index contributed by atoms with van der Waals surface area (Å²) in [5, 5.41) is 3.07. The van der Waals surface area contributed by atoms with E-state index in [1.807, 2.05) is 0 Å². The predicted molar refractivity (Wildman–Crippen MR) is 123 cm³/mol. The fourth-order valence-corrected chi connectivity index (χ4v) is 5.13. The smallest absolute Gasteiger partial charge is 0.406 e. The number of nitrogens with zero attached hydrogens (tertiary/aromatic N) is 1. The van der Waals surface area contributed by atoms with Crippen molar-refractivity contribution in [2.45, 2.75) is 71.2 Å². The summed E-state index contributed by atoms with van der Waals surface area (Å²) in [6.07, 6.45) is -1.91. The van der Waals surface area contributed by atoms with Crippen molar-refractivity contribution in [2.75, 3.05) is 13.1 Å². The van der Waals surface area contributed by atoms with Gasteiger partial charge in [0.1, 0.15) is 5.75 Å². The molecule has 0 radical (unpaired) electrons. The first-order chi connectivity index (χ1) is 16.1. The van der Waals surface area contributed by atoms with Crippen LogP contribution in [0, 0.1) is 6.92 Å². The highest BCUT2D eigenvalue weighted by Gasteiger charge is 2.31. The maximum atomic E-state index is 12.8. The topological polar surface area (TPSA) is 50.8 Å². The van der Waals surface area contributed by atoms with Gasteiger partial charge in [-0.1, -0.05) is 12.1 Å². The number of nitrogens with one attached hydrogen (secondary N) is 1. The van der Waals surface area contributed by atoms with Crippen LogP contribution in [0.4, 0.5) is 13.2 Å². The maximum absolute atomic E-state index is 12.8. The molecule has 3 atom stereocenters. The van der Waals surface area contributed by atoms with Gasteiger partial charge in [-0.3, -0.25) is 9.69 Å². The Morgan fingerprint density at radius 2 is 1.76 bits per heavy atom. The molecule has 5 nitrogen and oxygen atoms in total. The number of morpholine rings is 1. The summed E-state index contributed by atoms with van der Waals surface area (Å²) in [4.78, 5) is 15.2. The predicted octanol–water partition coefficient (Wildman–Crippen LogP) is 4.79. The van der Waals surface area contributed by atoms with Crippen LogP contribution in [0.15, 0.2) is 36.4 Å². The van der Waals surface area contributed by atoms with Crippen LogP contribution in [0.25, 0.3) is 0 Å². The van der Waals surface area contributed by atoms with E-state index in [9.17, 15) is 18.0 Å². The minimum atomic E-state index is -4.76. The Hall–Kier alpha value is -2.58. The number of alkyl halides is 3. The van der Waals surface area contributed by atoms with E-state index in [0.29, 0.717) is 5.56 Å². The van der Waals surface area contributed by atoms with Gasteiger partial charge in [0.2, 0.25) is 0 Å². The van der Waals surface area contributed by atoms with Crippen LogP contribution in [0.2, 0.25) is 0 Å². The summed E-state index contributed by atoms with van der Waals surface area (Å²) in [5.41, 5.74) is 5.53.